The van der Waals surface area contributed by atoms with E-state index in [1.807, 2.05) is 30.3 Å². The van der Waals surface area contributed by atoms with Crippen LogP contribution in [0.4, 0.5) is 5.69 Å². The maximum Gasteiger partial charge on any atom is 0.227 e. The molecule has 2 aliphatic rings. The highest BCUT2D eigenvalue weighted by atomic mass is 32.2. The van der Waals surface area contributed by atoms with Gasteiger partial charge >= 0.3 is 0 Å². The molecule has 2 aliphatic heterocycles. The molecule has 1 saturated heterocycles. The molecule has 2 heterocycles. The molecule has 1 atom stereocenters. The minimum absolute atomic E-state index is 0.0110. The van der Waals surface area contributed by atoms with Gasteiger partial charge in [0.15, 0.2) is 9.84 Å². The Morgan fingerprint density at radius 2 is 1.80 bits per heavy atom. The van der Waals surface area contributed by atoms with E-state index in [2.05, 4.69) is 5.32 Å². The molecular formula is C18H22N2O4S. The standard InChI is InChI=1S/C18H22N2O4S/c21-17(12-14-8-11-25(23,24)13-14)20-9-6-15(7-10-20)18(22)19-16-4-2-1-3-5-16/h1-5,8,11,14-15H,6-7,9-10,12-13H2,(H,19,22)/t14-/m0/s1. The Morgan fingerprint density at radius 3 is 2.40 bits per heavy atom. The van der Waals surface area contributed by atoms with E-state index in [9.17, 15) is 18.0 Å². The van der Waals surface area contributed by atoms with Gasteiger partial charge < -0.3 is 10.2 Å². The number of benzene rings is 1. The maximum atomic E-state index is 12.3. The summed E-state index contributed by atoms with van der Waals surface area (Å²) in [6, 6.07) is 9.33. The topological polar surface area (TPSA) is 83.6 Å². The van der Waals surface area contributed by atoms with Crippen molar-refractivity contribution >= 4 is 27.3 Å². The summed E-state index contributed by atoms with van der Waals surface area (Å²) < 4.78 is 22.8. The molecule has 0 aromatic heterocycles. The molecule has 0 saturated carbocycles. The molecule has 0 radical (unpaired) electrons. The molecule has 1 fully saturated rings. The summed E-state index contributed by atoms with van der Waals surface area (Å²) >= 11 is 0. The van der Waals surface area contributed by atoms with Crippen molar-refractivity contribution in [2.45, 2.75) is 19.3 Å². The average Bonchev–Trinajstić information content (AvgIpc) is 2.94. The third-order valence-corrected chi connectivity index (χ3v) is 6.17. The fourth-order valence-corrected chi connectivity index (χ4v) is 4.68. The van der Waals surface area contributed by atoms with Crippen LogP contribution in [0.3, 0.4) is 0 Å². The molecule has 6 nitrogen and oxygen atoms in total. The van der Waals surface area contributed by atoms with Gasteiger partial charge in [0, 0.05) is 42.4 Å². The fourth-order valence-electron chi connectivity index (χ4n) is 3.28. The lowest BCUT2D eigenvalue weighted by atomic mass is 9.95. The molecule has 2 amide bonds. The van der Waals surface area contributed by atoms with Crippen LogP contribution in [-0.2, 0) is 19.4 Å². The molecule has 0 spiro atoms. The van der Waals surface area contributed by atoms with Crippen LogP contribution in [0.25, 0.3) is 0 Å². The second-order valence-corrected chi connectivity index (χ2v) is 8.56. The SMILES string of the molecule is O=C(Nc1ccccc1)C1CCN(C(=O)C[C@@H]2C=CS(=O)(=O)C2)CC1. The summed E-state index contributed by atoms with van der Waals surface area (Å²) in [5.41, 5.74) is 0.778. The smallest absolute Gasteiger partial charge is 0.227 e. The minimum Gasteiger partial charge on any atom is -0.343 e. The highest BCUT2D eigenvalue weighted by Crippen LogP contribution is 2.23. The van der Waals surface area contributed by atoms with Gasteiger partial charge in [0.2, 0.25) is 11.8 Å². The van der Waals surface area contributed by atoms with Gasteiger partial charge in [-0.15, -0.1) is 0 Å². The van der Waals surface area contributed by atoms with Crippen LogP contribution in [0.1, 0.15) is 19.3 Å². The number of nitrogens with zero attached hydrogens (tertiary/aromatic N) is 1. The zero-order valence-corrected chi connectivity index (χ0v) is 14.7. The number of sulfone groups is 1. The molecular weight excluding hydrogens is 340 g/mol. The number of likely N-dealkylation sites (tertiary alicyclic amines) is 1. The van der Waals surface area contributed by atoms with Gasteiger partial charge in [-0.25, -0.2) is 8.42 Å². The Kier molecular flexibility index (Phi) is 5.22. The third-order valence-electron chi connectivity index (χ3n) is 4.70. The normalized spacial score (nSPS) is 22.7. The van der Waals surface area contributed by atoms with E-state index in [4.69, 9.17) is 0 Å². The van der Waals surface area contributed by atoms with Crippen molar-refractivity contribution in [3.63, 3.8) is 0 Å². The summed E-state index contributed by atoms with van der Waals surface area (Å²) in [6.07, 6.45) is 3.08. The Bertz CT molecular complexity index is 766. The van der Waals surface area contributed by atoms with E-state index in [0.29, 0.717) is 25.9 Å². The zero-order chi connectivity index (χ0) is 17.9. The highest BCUT2D eigenvalue weighted by molar-refractivity contribution is 7.94. The van der Waals surface area contributed by atoms with Gasteiger partial charge in [-0.2, -0.15) is 0 Å². The summed E-state index contributed by atoms with van der Waals surface area (Å²) in [5, 5.41) is 4.10. The predicted octanol–water partition coefficient (Wildman–Crippen LogP) is 1.81. The first-order valence-corrected chi connectivity index (χ1v) is 10.2. The lowest BCUT2D eigenvalue weighted by molar-refractivity contribution is -0.135. The number of allylic oxidation sites excluding steroid dienone is 1. The van der Waals surface area contributed by atoms with E-state index in [-0.39, 0.29) is 35.8 Å². The first kappa shape index (κ1) is 17.7. The van der Waals surface area contributed by atoms with Crippen molar-refractivity contribution in [3.05, 3.63) is 41.8 Å². The molecule has 134 valence electrons. The van der Waals surface area contributed by atoms with Gasteiger partial charge in [-0.3, -0.25) is 9.59 Å². The monoisotopic (exact) mass is 362 g/mol. The van der Waals surface area contributed by atoms with Gasteiger partial charge in [0.1, 0.15) is 0 Å². The quantitative estimate of drug-likeness (QED) is 0.885. The van der Waals surface area contributed by atoms with Crippen molar-refractivity contribution in [1.82, 2.24) is 4.90 Å². The van der Waals surface area contributed by atoms with Crippen LogP contribution in [0.15, 0.2) is 41.8 Å². The van der Waals surface area contributed by atoms with Crippen LogP contribution >= 0.6 is 0 Å². The van der Waals surface area contributed by atoms with Crippen molar-refractivity contribution in [2.24, 2.45) is 11.8 Å². The zero-order valence-electron chi connectivity index (χ0n) is 13.9. The minimum atomic E-state index is -3.13. The molecule has 0 unspecified atom stereocenters. The molecule has 1 aromatic carbocycles. The number of hydrogen-bond donors (Lipinski definition) is 1. The number of hydrogen-bond acceptors (Lipinski definition) is 4. The second-order valence-electron chi connectivity index (χ2n) is 6.63. The third kappa shape index (κ3) is 4.69. The van der Waals surface area contributed by atoms with Crippen LogP contribution in [0.2, 0.25) is 0 Å². The first-order valence-electron chi connectivity index (χ1n) is 8.47. The van der Waals surface area contributed by atoms with Crippen molar-refractivity contribution < 1.29 is 18.0 Å². The number of piperidine rings is 1. The number of carbonyl (C=O) groups excluding carboxylic acids is 2. The Hall–Kier alpha value is -2.15. The molecule has 25 heavy (non-hydrogen) atoms. The number of amides is 2. The number of para-hydroxylation sites is 1. The number of carbonyl (C=O) groups is 2. The van der Waals surface area contributed by atoms with Gasteiger partial charge in [-0.1, -0.05) is 24.3 Å². The van der Waals surface area contributed by atoms with Gasteiger partial charge in [-0.05, 0) is 25.0 Å². The molecule has 0 bridgehead atoms. The van der Waals surface area contributed by atoms with E-state index < -0.39 is 9.84 Å². The largest absolute Gasteiger partial charge is 0.343 e. The lowest BCUT2D eigenvalue weighted by Crippen LogP contribution is -2.42. The van der Waals surface area contributed by atoms with E-state index >= 15 is 0 Å². The molecule has 1 N–H and O–H groups in total. The van der Waals surface area contributed by atoms with Gasteiger partial charge in [0.05, 0.1) is 5.75 Å². The van der Waals surface area contributed by atoms with Crippen LogP contribution in [0.5, 0.6) is 0 Å². The Morgan fingerprint density at radius 1 is 1.12 bits per heavy atom. The summed E-state index contributed by atoms with van der Waals surface area (Å²) in [5.74, 6) is -0.348. The van der Waals surface area contributed by atoms with E-state index in [0.717, 1.165) is 5.69 Å². The van der Waals surface area contributed by atoms with E-state index in [1.165, 1.54) is 5.41 Å². The average molecular weight is 362 g/mol. The summed E-state index contributed by atoms with van der Waals surface area (Å²) in [4.78, 5) is 26.4. The lowest BCUT2D eigenvalue weighted by Gasteiger charge is -2.32. The number of rotatable bonds is 4. The molecule has 0 aliphatic carbocycles. The van der Waals surface area contributed by atoms with E-state index in [1.54, 1.807) is 11.0 Å². The molecule has 1 aromatic rings. The first-order chi connectivity index (χ1) is 11.9. The van der Waals surface area contributed by atoms with Crippen molar-refractivity contribution in [3.8, 4) is 0 Å². The summed E-state index contributed by atoms with van der Waals surface area (Å²) in [7, 11) is -3.13. The Labute approximate surface area is 147 Å². The molecule has 7 heteroatoms. The number of nitrogens with one attached hydrogen (secondary N) is 1. The predicted molar refractivity (Wildman–Crippen MR) is 95.4 cm³/mol. The van der Waals surface area contributed by atoms with Crippen molar-refractivity contribution in [2.75, 3.05) is 24.2 Å². The van der Waals surface area contributed by atoms with Crippen molar-refractivity contribution in [1.29, 1.82) is 0 Å². The molecule has 3 rings (SSSR count). The van der Waals surface area contributed by atoms with Gasteiger partial charge in [0.25, 0.3) is 0 Å². The van der Waals surface area contributed by atoms with Crippen LogP contribution in [-0.4, -0.2) is 44.0 Å². The summed E-state index contributed by atoms with van der Waals surface area (Å²) in [6.45, 7) is 1.07. The number of anilines is 1. The highest BCUT2D eigenvalue weighted by Gasteiger charge is 2.30. The van der Waals surface area contributed by atoms with Crippen LogP contribution in [0, 0.1) is 11.8 Å². The van der Waals surface area contributed by atoms with Crippen LogP contribution < -0.4 is 5.32 Å². The fraction of sp³-hybridized carbons (Fsp3) is 0.444. The maximum absolute atomic E-state index is 12.3. The second kappa shape index (κ2) is 7.39. The Balaban J connectivity index is 1.46.